The van der Waals surface area contributed by atoms with Gasteiger partial charge in [0.05, 0.1) is 36.6 Å². The predicted molar refractivity (Wildman–Crippen MR) is 100 cm³/mol. The first kappa shape index (κ1) is 17.3. The van der Waals surface area contributed by atoms with Crippen LogP contribution in [0.15, 0.2) is 18.2 Å². The molecule has 0 saturated carbocycles. The van der Waals surface area contributed by atoms with Crippen LogP contribution in [0.25, 0.3) is 22.2 Å². The van der Waals surface area contributed by atoms with E-state index in [-0.39, 0.29) is 18.6 Å². The van der Waals surface area contributed by atoms with Gasteiger partial charge in [0.15, 0.2) is 5.65 Å². The number of fused-ring (bicyclic) bond motifs is 2. The van der Waals surface area contributed by atoms with E-state index >= 15 is 0 Å². The fourth-order valence-electron chi connectivity index (χ4n) is 3.56. The number of aryl methyl sites for hydroxylation is 1. The molecule has 0 aliphatic carbocycles. The standard InChI is InChI=1S/C20H21N3O4/c1-10(2)23-19-16(11(3)22-23)17(18-14(21-19)9-27-20(18)24)13-8-12(25-4)6-7-15(13)26-5/h6-8,10H,9H2,1-5H3. The second-order valence-electron chi connectivity index (χ2n) is 6.77. The first-order valence-corrected chi connectivity index (χ1v) is 8.77. The molecule has 0 N–H and O–H groups in total. The fraction of sp³-hybridized carbons (Fsp3) is 0.350. The summed E-state index contributed by atoms with van der Waals surface area (Å²) >= 11 is 0. The van der Waals surface area contributed by atoms with Crippen LogP contribution in [0.1, 0.15) is 41.6 Å². The van der Waals surface area contributed by atoms with Crippen molar-refractivity contribution < 1.29 is 19.0 Å². The molecule has 0 radical (unpaired) electrons. The molecule has 0 bridgehead atoms. The minimum absolute atomic E-state index is 0.129. The molecule has 2 aromatic heterocycles. The number of cyclic esters (lactones) is 1. The van der Waals surface area contributed by atoms with Crippen molar-refractivity contribution in [3.05, 3.63) is 35.2 Å². The monoisotopic (exact) mass is 367 g/mol. The largest absolute Gasteiger partial charge is 0.497 e. The minimum atomic E-state index is -0.379. The summed E-state index contributed by atoms with van der Waals surface area (Å²) in [6, 6.07) is 5.65. The van der Waals surface area contributed by atoms with Gasteiger partial charge in [0, 0.05) is 17.2 Å². The number of pyridine rings is 1. The highest BCUT2D eigenvalue weighted by Gasteiger charge is 2.32. The smallest absolute Gasteiger partial charge is 0.341 e. The lowest BCUT2D eigenvalue weighted by Crippen LogP contribution is -2.06. The van der Waals surface area contributed by atoms with Crippen molar-refractivity contribution in [2.75, 3.05) is 14.2 Å². The Morgan fingerprint density at radius 3 is 2.63 bits per heavy atom. The van der Waals surface area contributed by atoms with Crippen LogP contribution in [0.3, 0.4) is 0 Å². The van der Waals surface area contributed by atoms with Gasteiger partial charge in [-0.2, -0.15) is 5.10 Å². The van der Waals surface area contributed by atoms with E-state index in [0.29, 0.717) is 22.8 Å². The Morgan fingerprint density at radius 1 is 1.19 bits per heavy atom. The van der Waals surface area contributed by atoms with Crippen LogP contribution >= 0.6 is 0 Å². The van der Waals surface area contributed by atoms with Crippen molar-refractivity contribution >= 4 is 17.0 Å². The molecule has 27 heavy (non-hydrogen) atoms. The van der Waals surface area contributed by atoms with Crippen molar-refractivity contribution in [1.82, 2.24) is 14.8 Å². The Labute approximate surface area is 156 Å². The van der Waals surface area contributed by atoms with Gasteiger partial charge in [-0.25, -0.2) is 14.5 Å². The number of aromatic nitrogens is 3. The normalized spacial score (nSPS) is 13.2. The SMILES string of the molecule is COc1ccc(OC)c(-c2c3c(nc4c2c(C)nn4C(C)C)COC3=O)c1. The van der Waals surface area contributed by atoms with Gasteiger partial charge in [0.2, 0.25) is 0 Å². The second-order valence-corrected chi connectivity index (χ2v) is 6.77. The van der Waals surface area contributed by atoms with Gasteiger partial charge in [0.25, 0.3) is 0 Å². The van der Waals surface area contributed by atoms with Gasteiger partial charge in [-0.1, -0.05) is 0 Å². The Hall–Kier alpha value is -3.09. The van der Waals surface area contributed by atoms with Crippen LogP contribution in [0.5, 0.6) is 11.5 Å². The van der Waals surface area contributed by atoms with Crippen LogP contribution in [-0.4, -0.2) is 35.0 Å². The molecule has 4 rings (SSSR count). The summed E-state index contributed by atoms with van der Waals surface area (Å²) in [7, 11) is 3.21. The minimum Gasteiger partial charge on any atom is -0.497 e. The van der Waals surface area contributed by atoms with E-state index in [1.165, 1.54) is 0 Å². The summed E-state index contributed by atoms with van der Waals surface area (Å²) in [5.41, 5.74) is 4.12. The first-order valence-electron chi connectivity index (χ1n) is 8.77. The summed E-state index contributed by atoms with van der Waals surface area (Å²) in [6.45, 7) is 6.18. The average molecular weight is 367 g/mol. The third kappa shape index (κ3) is 2.53. The summed E-state index contributed by atoms with van der Waals surface area (Å²) in [5, 5.41) is 5.50. The average Bonchev–Trinajstić information content (AvgIpc) is 3.20. The Bertz CT molecular complexity index is 1070. The molecule has 7 nitrogen and oxygen atoms in total. The van der Waals surface area contributed by atoms with Gasteiger partial charge in [-0.05, 0) is 39.0 Å². The number of hydrogen-bond acceptors (Lipinski definition) is 6. The van der Waals surface area contributed by atoms with Crippen LogP contribution < -0.4 is 9.47 Å². The molecule has 0 spiro atoms. The van der Waals surface area contributed by atoms with Crippen molar-refractivity contribution in [2.45, 2.75) is 33.4 Å². The molecule has 0 unspecified atom stereocenters. The molecule has 140 valence electrons. The molecule has 1 aliphatic heterocycles. The number of esters is 1. The zero-order valence-corrected chi connectivity index (χ0v) is 16.0. The first-order chi connectivity index (χ1) is 13.0. The maximum absolute atomic E-state index is 12.5. The van der Waals surface area contributed by atoms with Crippen molar-refractivity contribution in [1.29, 1.82) is 0 Å². The van der Waals surface area contributed by atoms with Crippen molar-refractivity contribution in [3.8, 4) is 22.6 Å². The zero-order chi connectivity index (χ0) is 19.3. The van der Waals surface area contributed by atoms with Crippen molar-refractivity contribution in [2.24, 2.45) is 0 Å². The molecule has 1 aromatic carbocycles. The molecular formula is C20H21N3O4. The van der Waals surface area contributed by atoms with E-state index in [1.807, 2.05) is 43.7 Å². The van der Waals surface area contributed by atoms with E-state index in [1.54, 1.807) is 14.2 Å². The zero-order valence-electron chi connectivity index (χ0n) is 16.0. The molecular weight excluding hydrogens is 346 g/mol. The van der Waals surface area contributed by atoms with E-state index in [9.17, 15) is 4.79 Å². The lowest BCUT2D eigenvalue weighted by molar-refractivity contribution is 0.0534. The molecule has 7 heteroatoms. The van der Waals surface area contributed by atoms with Crippen LogP contribution in [-0.2, 0) is 11.3 Å². The van der Waals surface area contributed by atoms with Gasteiger partial charge < -0.3 is 14.2 Å². The Morgan fingerprint density at radius 2 is 1.96 bits per heavy atom. The fourth-order valence-corrected chi connectivity index (χ4v) is 3.56. The molecule has 0 fully saturated rings. The van der Waals surface area contributed by atoms with E-state index < -0.39 is 0 Å². The molecule has 0 saturated heterocycles. The number of nitrogens with zero attached hydrogens (tertiary/aromatic N) is 3. The topological polar surface area (TPSA) is 75.5 Å². The molecule has 1 aliphatic rings. The van der Waals surface area contributed by atoms with Gasteiger partial charge in [-0.3, -0.25) is 0 Å². The van der Waals surface area contributed by atoms with Gasteiger partial charge >= 0.3 is 5.97 Å². The number of rotatable bonds is 4. The Balaban J connectivity index is 2.18. The Kier molecular flexibility index (Phi) is 4.02. The molecule has 3 heterocycles. The van der Waals surface area contributed by atoms with E-state index in [4.69, 9.17) is 19.2 Å². The number of ether oxygens (including phenoxy) is 3. The number of carbonyl (C=O) groups is 1. The maximum atomic E-state index is 12.5. The highest BCUT2D eigenvalue weighted by Crippen LogP contribution is 2.43. The lowest BCUT2D eigenvalue weighted by Gasteiger charge is -2.14. The van der Waals surface area contributed by atoms with Crippen LogP contribution in [0.4, 0.5) is 0 Å². The number of benzene rings is 1. The number of hydrogen-bond donors (Lipinski definition) is 0. The second kappa shape index (κ2) is 6.26. The van der Waals surface area contributed by atoms with Crippen molar-refractivity contribution in [3.63, 3.8) is 0 Å². The van der Waals surface area contributed by atoms with Gasteiger partial charge in [-0.15, -0.1) is 0 Å². The number of carbonyl (C=O) groups excluding carboxylic acids is 1. The third-order valence-corrected chi connectivity index (χ3v) is 4.80. The number of methoxy groups -OCH3 is 2. The molecule has 0 atom stereocenters. The summed E-state index contributed by atoms with van der Waals surface area (Å²) < 4.78 is 18.2. The lowest BCUT2D eigenvalue weighted by atomic mass is 9.94. The van der Waals surface area contributed by atoms with E-state index in [2.05, 4.69) is 5.10 Å². The summed E-state index contributed by atoms with van der Waals surface area (Å²) in [6.07, 6.45) is 0. The predicted octanol–water partition coefficient (Wildman–Crippen LogP) is 3.68. The van der Waals surface area contributed by atoms with Gasteiger partial charge in [0.1, 0.15) is 18.1 Å². The molecule has 0 amide bonds. The maximum Gasteiger partial charge on any atom is 0.341 e. The highest BCUT2D eigenvalue weighted by atomic mass is 16.5. The molecule has 3 aromatic rings. The van der Waals surface area contributed by atoms with E-state index in [0.717, 1.165) is 27.9 Å². The quantitative estimate of drug-likeness (QED) is 0.655. The summed E-state index contributed by atoms with van der Waals surface area (Å²) in [5.74, 6) is 0.933. The van der Waals surface area contributed by atoms with Crippen LogP contribution in [0, 0.1) is 6.92 Å². The van der Waals surface area contributed by atoms with Crippen LogP contribution in [0.2, 0.25) is 0 Å². The highest BCUT2D eigenvalue weighted by molar-refractivity contribution is 6.10. The summed E-state index contributed by atoms with van der Waals surface area (Å²) in [4.78, 5) is 17.3. The third-order valence-electron chi connectivity index (χ3n) is 4.80.